The Labute approximate surface area is 164 Å². The van der Waals surface area contributed by atoms with Crippen molar-refractivity contribution in [2.24, 2.45) is 0 Å². The molecule has 0 aromatic heterocycles. The van der Waals surface area contributed by atoms with E-state index < -0.39 is 17.7 Å². The SMILES string of the molecule is CC(NC(=O)OC(C)(C)C)C(=O)Nc1ccc2c(c1)C(CO)c1ccccc1-2. The van der Waals surface area contributed by atoms with Crippen molar-refractivity contribution < 1.29 is 19.4 Å². The molecule has 0 saturated carbocycles. The van der Waals surface area contributed by atoms with Gasteiger partial charge in [-0.15, -0.1) is 0 Å². The molecule has 0 aliphatic heterocycles. The molecule has 2 aromatic rings. The molecule has 3 N–H and O–H groups in total. The maximum Gasteiger partial charge on any atom is 0.408 e. The summed E-state index contributed by atoms with van der Waals surface area (Å²) in [7, 11) is 0. The molecule has 0 bridgehead atoms. The van der Waals surface area contributed by atoms with Crippen LogP contribution in [0.15, 0.2) is 42.5 Å². The smallest absolute Gasteiger partial charge is 0.408 e. The number of amides is 2. The van der Waals surface area contributed by atoms with Gasteiger partial charge in [-0.25, -0.2) is 4.79 Å². The number of ether oxygens (including phenoxy) is 1. The van der Waals surface area contributed by atoms with Crippen molar-refractivity contribution in [3.8, 4) is 11.1 Å². The molecule has 28 heavy (non-hydrogen) atoms. The van der Waals surface area contributed by atoms with E-state index in [1.165, 1.54) is 0 Å². The number of aliphatic hydroxyl groups excluding tert-OH is 1. The summed E-state index contributed by atoms with van der Waals surface area (Å²) < 4.78 is 5.18. The number of aliphatic hydroxyl groups is 1. The first-order valence-corrected chi connectivity index (χ1v) is 9.34. The van der Waals surface area contributed by atoms with Crippen LogP contribution < -0.4 is 10.6 Å². The molecule has 6 heteroatoms. The molecule has 148 valence electrons. The fraction of sp³-hybridized carbons (Fsp3) is 0.364. The summed E-state index contributed by atoms with van der Waals surface area (Å²) >= 11 is 0. The minimum absolute atomic E-state index is 0.00197. The van der Waals surface area contributed by atoms with Crippen molar-refractivity contribution >= 4 is 17.7 Å². The van der Waals surface area contributed by atoms with E-state index in [-0.39, 0.29) is 18.4 Å². The quantitative estimate of drug-likeness (QED) is 0.753. The Morgan fingerprint density at radius 1 is 1.11 bits per heavy atom. The number of carbonyl (C=O) groups excluding carboxylic acids is 2. The number of benzene rings is 2. The summed E-state index contributed by atoms with van der Waals surface area (Å²) in [5.41, 5.74) is 4.22. The van der Waals surface area contributed by atoms with Crippen molar-refractivity contribution in [1.29, 1.82) is 0 Å². The monoisotopic (exact) mass is 382 g/mol. The predicted octanol–water partition coefficient (Wildman–Crippen LogP) is 3.64. The fourth-order valence-corrected chi connectivity index (χ4v) is 3.38. The van der Waals surface area contributed by atoms with Gasteiger partial charge < -0.3 is 20.5 Å². The minimum atomic E-state index is -0.756. The van der Waals surface area contributed by atoms with Crippen LogP contribution in [-0.4, -0.2) is 35.4 Å². The lowest BCUT2D eigenvalue weighted by Crippen LogP contribution is -2.43. The molecule has 2 aromatic carbocycles. The second kappa shape index (κ2) is 7.64. The highest BCUT2D eigenvalue weighted by Gasteiger charge is 2.28. The van der Waals surface area contributed by atoms with E-state index in [4.69, 9.17) is 4.74 Å². The van der Waals surface area contributed by atoms with E-state index in [0.29, 0.717) is 5.69 Å². The largest absolute Gasteiger partial charge is 0.444 e. The molecular formula is C22H26N2O4. The van der Waals surface area contributed by atoms with Crippen LogP contribution in [0.1, 0.15) is 44.7 Å². The predicted molar refractivity (Wildman–Crippen MR) is 108 cm³/mol. The molecule has 1 aliphatic carbocycles. The van der Waals surface area contributed by atoms with E-state index in [1.54, 1.807) is 27.7 Å². The first kappa shape index (κ1) is 19.9. The van der Waals surface area contributed by atoms with Crippen molar-refractivity contribution in [3.63, 3.8) is 0 Å². The number of alkyl carbamates (subject to hydrolysis) is 1. The third-order valence-electron chi connectivity index (χ3n) is 4.63. The molecule has 0 spiro atoms. The van der Waals surface area contributed by atoms with Gasteiger partial charge in [0, 0.05) is 11.6 Å². The molecule has 1 aliphatic rings. The Morgan fingerprint density at radius 2 is 1.79 bits per heavy atom. The normalized spacial score (nSPS) is 16.0. The Hall–Kier alpha value is -2.86. The number of hydrogen-bond acceptors (Lipinski definition) is 4. The highest BCUT2D eigenvalue weighted by Crippen LogP contribution is 2.45. The Morgan fingerprint density at radius 3 is 2.46 bits per heavy atom. The summed E-state index contributed by atoms with van der Waals surface area (Å²) in [6, 6.07) is 12.9. The van der Waals surface area contributed by atoms with Crippen molar-refractivity contribution in [3.05, 3.63) is 53.6 Å². The fourth-order valence-electron chi connectivity index (χ4n) is 3.38. The van der Waals surface area contributed by atoms with E-state index in [2.05, 4.69) is 10.6 Å². The van der Waals surface area contributed by atoms with Gasteiger partial charge in [0.25, 0.3) is 0 Å². The molecule has 6 nitrogen and oxygen atoms in total. The topological polar surface area (TPSA) is 87.7 Å². The Kier molecular flexibility index (Phi) is 5.42. The number of hydrogen-bond donors (Lipinski definition) is 3. The van der Waals surface area contributed by atoms with E-state index in [9.17, 15) is 14.7 Å². The number of rotatable bonds is 4. The van der Waals surface area contributed by atoms with E-state index in [0.717, 1.165) is 22.3 Å². The summed E-state index contributed by atoms with van der Waals surface area (Å²) in [5, 5.41) is 15.2. The average Bonchev–Trinajstić information content (AvgIpc) is 2.92. The lowest BCUT2D eigenvalue weighted by atomic mass is 9.98. The van der Waals surface area contributed by atoms with Gasteiger partial charge in [-0.3, -0.25) is 4.79 Å². The molecule has 3 rings (SSSR count). The maximum absolute atomic E-state index is 12.5. The van der Waals surface area contributed by atoms with Gasteiger partial charge in [0.2, 0.25) is 5.91 Å². The van der Waals surface area contributed by atoms with E-state index in [1.807, 2.05) is 42.5 Å². The van der Waals surface area contributed by atoms with Crippen LogP contribution in [0.2, 0.25) is 0 Å². The molecule has 0 saturated heterocycles. The van der Waals surface area contributed by atoms with Gasteiger partial charge in [0.15, 0.2) is 0 Å². The molecule has 0 heterocycles. The van der Waals surface area contributed by atoms with Gasteiger partial charge in [-0.1, -0.05) is 30.3 Å². The highest BCUT2D eigenvalue weighted by molar-refractivity contribution is 5.97. The van der Waals surface area contributed by atoms with Crippen LogP contribution in [0.3, 0.4) is 0 Å². The van der Waals surface area contributed by atoms with Gasteiger partial charge in [-0.2, -0.15) is 0 Å². The van der Waals surface area contributed by atoms with Gasteiger partial charge in [0.1, 0.15) is 11.6 Å². The zero-order valence-electron chi connectivity index (χ0n) is 16.6. The summed E-state index contributed by atoms with van der Waals surface area (Å²) in [6.45, 7) is 6.88. The van der Waals surface area contributed by atoms with Crippen LogP contribution in [-0.2, 0) is 9.53 Å². The zero-order valence-corrected chi connectivity index (χ0v) is 16.6. The van der Waals surface area contributed by atoms with Crippen molar-refractivity contribution in [2.45, 2.75) is 45.3 Å². The number of fused-ring (bicyclic) bond motifs is 3. The molecular weight excluding hydrogens is 356 g/mol. The first-order chi connectivity index (χ1) is 13.2. The molecule has 0 radical (unpaired) electrons. The molecule has 2 amide bonds. The van der Waals surface area contributed by atoms with Gasteiger partial charge in [0.05, 0.1) is 6.61 Å². The minimum Gasteiger partial charge on any atom is -0.444 e. The molecule has 0 fully saturated rings. The third kappa shape index (κ3) is 4.17. The Balaban J connectivity index is 1.72. The van der Waals surface area contributed by atoms with Crippen LogP contribution in [0.5, 0.6) is 0 Å². The number of carbonyl (C=O) groups is 2. The lowest BCUT2D eigenvalue weighted by Gasteiger charge is -2.21. The number of nitrogens with one attached hydrogen (secondary N) is 2. The Bertz CT molecular complexity index is 902. The highest BCUT2D eigenvalue weighted by atomic mass is 16.6. The zero-order chi connectivity index (χ0) is 20.5. The van der Waals surface area contributed by atoms with Crippen LogP contribution >= 0.6 is 0 Å². The summed E-state index contributed by atoms with van der Waals surface area (Å²) in [4.78, 5) is 24.3. The second-order valence-corrected chi connectivity index (χ2v) is 7.98. The average molecular weight is 382 g/mol. The van der Waals surface area contributed by atoms with Crippen LogP contribution in [0.25, 0.3) is 11.1 Å². The third-order valence-corrected chi connectivity index (χ3v) is 4.63. The lowest BCUT2D eigenvalue weighted by molar-refractivity contribution is -0.117. The molecule has 2 unspecified atom stereocenters. The first-order valence-electron chi connectivity index (χ1n) is 9.34. The standard InChI is InChI=1S/C22H26N2O4/c1-13(23-21(27)28-22(2,3)4)20(26)24-14-9-10-17-15-7-5-6-8-16(15)19(12-25)18(17)11-14/h5-11,13,19,25H,12H2,1-4H3,(H,23,27)(H,24,26). The maximum atomic E-state index is 12.5. The summed E-state index contributed by atoms with van der Waals surface area (Å²) in [6.07, 6.45) is -0.639. The van der Waals surface area contributed by atoms with Crippen LogP contribution in [0.4, 0.5) is 10.5 Å². The van der Waals surface area contributed by atoms with Gasteiger partial charge >= 0.3 is 6.09 Å². The van der Waals surface area contributed by atoms with Crippen molar-refractivity contribution in [1.82, 2.24) is 5.32 Å². The number of anilines is 1. The van der Waals surface area contributed by atoms with Crippen LogP contribution in [0, 0.1) is 0 Å². The second-order valence-electron chi connectivity index (χ2n) is 7.98. The van der Waals surface area contributed by atoms with Gasteiger partial charge in [-0.05, 0) is 62.1 Å². The van der Waals surface area contributed by atoms with Crippen molar-refractivity contribution in [2.75, 3.05) is 11.9 Å². The summed E-state index contributed by atoms with van der Waals surface area (Å²) in [5.74, 6) is -0.456. The molecule has 2 atom stereocenters. The van der Waals surface area contributed by atoms with E-state index >= 15 is 0 Å².